The van der Waals surface area contributed by atoms with E-state index in [1.165, 1.54) is 31.4 Å². The number of oxazole rings is 1. The molecule has 3 nitrogen and oxygen atoms in total. The van der Waals surface area contributed by atoms with Crippen LogP contribution in [0, 0.1) is 0 Å². The van der Waals surface area contributed by atoms with Gasteiger partial charge in [0, 0.05) is 0 Å². The molecule has 2 saturated heterocycles. The Balaban J connectivity index is 1.71. The van der Waals surface area contributed by atoms with Crippen molar-refractivity contribution >= 4 is 11.8 Å². The Bertz CT molecular complexity index is 341. The van der Waals surface area contributed by atoms with Crippen molar-refractivity contribution in [3.05, 3.63) is 17.8 Å². The summed E-state index contributed by atoms with van der Waals surface area (Å²) in [5, 5.41) is 4.06. The summed E-state index contributed by atoms with van der Waals surface area (Å²) in [5.41, 5.74) is 1.16. The van der Waals surface area contributed by atoms with Crippen LogP contribution < -0.4 is 5.32 Å². The number of nitrogens with one attached hydrogen (secondary N) is 1. The molecule has 2 aliphatic heterocycles. The van der Waals surface area contributed by atoms with Crippen LogP contribution in [0.5, 0.6) is 0 Å². The second-order valence-corrected chi connectivity index (χ2v) is 5.93. The molecule has 0 aliphatic carbocycles. The van der Waals surface area contributed by atoms with Crippen LogP contribution in [0.2, 0.25) is 0 Å². The van der Waals surface area contributed by atoms with Crippen molar-refractivity contribution in [1.82, 2.24) is 10.3 Å². The largest absolute Gasteiger partial charge is 0.447 e. The van der Waals surface area contributed by atoms with E-state index in [1.54, 1.807) is 0 Å². The zero-order valence-corrected chi connectivity index (χ0v) is 10.3. The standard InChI is InChI=1S/C12H18N2OS/c1-2-6-13-9(4-1)12-14-10(8-15-12)11-5-3-7-16-11/h8-9,11,13H,1-7H2. The van der Waals surface area contributed by atoms with Crippen molar-refractivity contribution in [2.24, 2.45) is 0 Å². The highest BCUT2D eigenvalue weighted by atomic mass is 32.2. The van der Waals surface area contributed by atoms with Gasteiger partial charge in [-0.1, -0.05) is 6.42 Å². The highest BCUT2D eigenvalue weighted by Gasteiger charge is 2.24. The molecule has 0 amide bonds. The summed E-state index contributed by atoms with van der Waals surface area (Å²) in [6.45, 7) is 1.10. The van der Waals surface area contributed by atoms with Crippen molar-refractivity contribution in [2.75, 3.05) is 12.3 Å². The first-order valence-corrected chi connectivity index (χ1v) is 7.28. The third kappa shape index (κ3) is 2.13. The van der Waals surface area contributed by atoms with Crippen LogP contribution in [-0.4, -0.2) is 17.3 Å². The molecule has 0 aromatic carbocycles. The van der Waals surface area contributed by atoms with Crippen LogP contribution in [0.3, 0.4) is 0 Å². The van der Waals surface area contributed by atoms with Gasteiger partial charge in [-0.25, -0.2) is 4.98 Å². The SMILES string of the molecule is c1oc(C2CCCCN2)nc1C1CCCS1. The fourth-order valence-electron chi connectivity index (χ4n) is 2.48. The Labute approximate surface area is 100 Å². The van der Waals surface area contributed by atoms with Gasteiger partial charge in [-0.2, -0.15) is 11.8 Å². The number of piperidine rings is 1. The Hall–Kier alpha value is -0.480. The number of hydrogen-bond acceptors (Lipinski definition) is 4. The quantitative estimate of drug-likeness (QED) is 0.859. The van der Waals surface area contributed by atoms with E-state index in [9.17, 15) is 0 Å². The molecule has 88 valence electrons. The normalized spacial score (nSPS) is 30.8. The minimum atomic E-state index is 0.355. The van der Waals surface area contributed by atoms with Crippen LogP contribution >= 0.6 is 11.8 Å². The van der Waals surface area contributed by atoms with Crippen LogP contribution in [0.4, 0.5) is 0 Å². The van der Waals surface area contributed by atoms with E-state index in [2.05, 4.69) is 10.3 Å². The average Bonchev–Trinajstić information content (AvgIpc) is 3.01. The molecule has 2 fully saturated rings. The van der Waals surface area contributed by atoms with Gasteiger partial charge in [0.1, 0.15) is 6.26 Å². The van der Waals surface area contributed by atoms with Gasteiger partial charge in [0.15, 0.2) is 0 Å². The minimum absolute atomic E-state index is 0.355. The Kier molecular flexibility index (Phi) is 3.20. The van der Waals surface area contributed by atoms with Crippen molar-refractivity contribution < 1.29 is 4.42 Å². The molecule has 16 heavy (non-hydrogen) atoms. The molecule has 0 saturated carbocycles. The van der Waals surface area contributed by atoms with E-state index in [-0.39, 0.29) is 0 Å². The van der Waals surface area contributed by atoms with Gasteiger partial charge in [0.05, 0.1) is 17.0 Å². The van der Waals surface area contributed by atoms with Crippen LogP contribution in [-0.2, 0) is 0 Å². The van der Waals surface area contributed by atoms with E-state index in [0.29, 0.717) is 11.3 Å². The molecule has 3 heterocycles. The first-order valence-electron chi connectivity index (χ1n) is 6.24. The zero-order chi connectivity index (χ0) is 10.8. The highest BCUT2D eigenvalue weighted by Crippen LogP contribution is 2.39. The third-order valence-corrected chi connectivity index (χ3v) is 4.81. The van der Waals surface area contributed by atoms with Gasteiger partial charge < -0.3 is 9.73 Å². The molecule has 0 bridgehead atoms. The number of rotatable bonds is 2. The van der Waals surface area contributed by atoms with Gasteiger partial charge in [-0.05, 0) is 38.0 Å². The summed E-state index contributed by atoms with van der Waals surface area (Å²) >= 11 is 2.01. The molecule has 4 heteroatoms. The molecule has 1 aromatic heterocycles. The van der Waals surface area contributed by atoms with Gasteiger partial charge >= 0.3 is 0 Å². The maximum atomic E-state index is 5.63. The summed E-state index contributed by atoms with van der Waals surface area (Å²) in [7, 11) is 0. The lowest BCUT2D eigenvalue weighted by atomic mass is 10.1. The van der Waals surface area contributed by atoms with E-state index < -0.39 is 0 Å². The van der Waals surface area contributed by atoms with E-state index >= 15 is 0 Å². The fraction of sp³-hybridized carbons (Fsp3) is 0.750. The summed E-state index contributed by atoms with van der Waals surface area (Å²) in [4.78, 5) is 4.67. The van der Waals surface area contributed by atoms with Gasteiger partial charge in [-0.15, -0.1) is 0 Å². The third-order valence-electron chi connectivity index (χ3n) is 3.41. The first kappa shape index (κ1) is 10.7. The second-order valence-electron chi connectivity index (χ2n) is 4.61. The Morgan fingerprint density at radius 1 is 1.31 bits per heavy atom. The summed E-state index contributed by atoms with van der Waals surface area (Å²) < 4.78 is 5.63. The topological polar surface area (TPSA) is 38.1 Å². The summed E-state index contributed by atoms with van der Waals surface area (Å²) in [6.07, 6.45) is 8.18. The van der Waals surface area contributed by atoms with Crippen LogP contribution in [0.15, 0.2) is 10.7 Å². The van der Waals surface area contributed by atoms with Gasteiger partial charge in [0.25, 0.3) is 0 Å². The van der Waals surface area contributed by atoms with E-state index in [4.69, 9.17) is 4.42 Å². The molecule has 1 aromatic rings. The minimum Gasteiger partial charge on any atom is -0.447 e. The highest BCUT2D eigenvalue weighted by molar-refractivity contribution is 7.99. The molecule has 1 N–H and O–H groups in total. The fourth-order valence-corrected chi connectivity index (χ4v) is 3.71. The molecular formula is C12H18N2OS. The van der Waals surface area contributed by atoms with Crippen molar-refractivity contribution in [1.29, 1.82) is 0 Å². The molecule has 2 aliphatic rings. The predicted octanol–water partition coefficient (Wildman–Crippen LogP) is 3.06. The van der Waals surface area contributed by atoms with E-state index in [0.717, 1.165) is 24.6 Å². The molecule has 0 radical (unpaired) electrons. The zero-order valence-electron chi connectivity index (χ0n) is 9.45. The van der Waals surface area contributed by atoms with Crippen LogP contribution in [0.25, 0.3) is 0 Å². The lowest BCUT2D eigenvalue weighted by molar-refractivity contribution is 0.338. The predicted molar refractivity (Wildman–Crippen MR) is 65.5 cm³/mol. The van der Waals surface area contributed by atoms with Gasteiger partial charge in [0.2, 0.25) is 5.89 Å². The lowest BCUT2D eigenvalue weighted by Gasteiger charge is -2.20. The Morgan fingerprint density at radius 3 is 3.06 bits per heavy atom. The smallest absolute Gasteiger partial charge is 0.211 e. The number of thioether (sulfide) groups is 1. The van der Waals surface area contributed by atoms with Crippen LogP contribution in [0.1, 0.15) is 55.0 Å². The molecule has 0 spiro atoms. The lowest BCUT2D eigenvalue weighted by Crippen LogP contribution is -2.27. The maximum absolute atomic E-state index is 5.63. The Morgan fingerprint density at radius 2 is 2.31 bits per heavy atom. The first-order chi connectivity index (χ1) is 7.93. The summed E-state index contributed by atoms with van der Waals surface area (Å²) in [5.74, 6) is 2.18. The second kappa shape index (κ2) is 4.80. The van der Waals surface area contributed by atoms with Crippen molar-refractivity contribution in [2.45, 2.75) is 43.4 Å². The number of nitrogens with zero attached hydrogens (tertiary/aromatic N) is 1. The molecule has 2 unspecified atom stereocenters. The van der Waals surface area contributed by atoms with Crippen molar-refractivity contribution in [3.63, 3.8) is 0 Å². The van der Waals surface area contributed by atoms with Gasteiger partial charge in [-0.3, -0.25) is 0 Å². The number of aromatic nitrogens is 1. The average molecular weight is 238 g/mol. The number of hydrogen-bond donors (Lipinski definition) is 1. The maximum Gasteiger partial charge on any atom is 0.211 e. The van der Waals surface area contributed by atoms with Crippen molar-refractivity contribution in [3.8, 4) is 0 Å². The molecular weight excluding hydrogens is 220 g/mol. The molecule has 3 rings (SSSR count). The summed E-state index contributed by atoms with van der Waals surface area (Å²) in [6, 6.07) is 0.355. The molecule has 2 atom stereocenters. The van der Waals surface area contributed by atoms with E-state index in [1.807, 2.05) is 18.0 Å². The monoisotopic (exact) mass is 238 g/mol.